The zero-order valence-electron chi connectivity index (χ0n) is 15.7. The van der Waals surface area contributed by atoms with Crippen LogP contribution in [-0.4, -0.2) is 9.97 Å². The van der Waals surface area contributed by atoms with Crippen molar-refractivity contribution in [2.24, 2.45) is 5.73 Å². The molecule has 0 radical (unpaired) electrons. The lowest BCUT2D eigenvalue weighted by Gasteiger charge is -2.19. The van der Waals surface area contributed by atoms with Crippen molar-refractivity contribution < 1.29 is 0 Å². The van der Waals surface area contributed by atoms with Crippen LogP contribution in [0.15, 0.2) is 60.8 Å². The summed E-state index contributed by atoms with van der Waals surface area (Å²) in [4.78, 5) is 9.05. The van der Waals surface area contributed by atoms with Crippen LogP contribution in [0, 0.1) is 0 Å². The highest BCUT2D eigenvalue weighted by atomic mass is 14.9. The molecule has 0 amide bonds. The second kappa shape index (κ2) is 6.63. The van der Waals surface area contributed by atoms with Gasteiger partial charge in [0.15, 0.2) is 5.82 Å². The van der Waals surface area contributed by atoms with E-state index in [1.54, 1.807) is 0 Å². The maximum atomic E-state index is 6.16. The van der Waals surface area contributed by atoms with Crippen LogP contribution in [0.1, 0.15) is 30.5 Å². The maximum absolute atomic E-state index is 6.16. The minimum atomic E-state index is -0.310. The van der Waals surface area contributed by atoms with Gasteiger partial charge in [0.2, 0.25) is 0 Å². The Hall–Kier alpha value is -2.98. The summed E-state index contributed by atoms with van der Waals surface area (Å²) in [6.07, 6.45) is 3.79. The van der Waals surface area contributed by atoms with Crippen LogP contribution < -0.4 is 11.5 Å². The Kier molecular flexibility index (Phi) is 4.28. The average Bonchev–Trinajstić information content (AvgIpc) is 2.66. The molecule has 0 saturated heterocycles. The molecule has 0 aliphatic rings. The Balaban J connectivity index is 1.62. The Bertz CT molecular complexity index is 1110. The topological polar surface area (TPSA) is 77.8 Å². The quantitative estimate of drug-likeness (QED) is 0.533. The molecular formula is C23H24N4. The third kappa shape index (κ3) is 3.49. The van der Waals surface area contributed by atoms with Gasteiger partial charge in [0.25, 0.3) is 0 Å². The van der Waals surface area contributed by atoms with Gasteiger partial charge in [0, 0.05) is 22.5 Å². The SMILES string of the molecule is CC(C)(N)c1ccc(CCc2cnc3c(N)nc4ccccc4c3c2)cc1. The van der Waals surface area contributed by atoms with E-state index in [-0.39, 0.29) is 5.54 Å². The first-order valence-electron chi connectivity index (χ1n) is 9.23. The van der Waals surface area contributed by atoms with Crippen molar-refractivity contribution in [3.8, 4) is 0 Å². The van der Waals surface area contributed by atoms with E-state index in [0.717, 1.165) is 40.2 Å². The van der Waals surface area contributed by atoms with Crippen LogP contribution in [0.25, 0.3) is 21.8 Å². The number of hydrogen-bond acceptors (Lipinski definition) is 4. The van der Waals surface area contributed by atoms with Crippen LogP contribution in [0.4, 0.5) is 5.82 Å². The molecule has 0 saturated carbocycles. The third-order valence-corrected chi connectivity index (χ3v) is 5.02. The number of fused-ring (bicyclic) bond motifs is 3. The molecule has 4 aromatic rings. The molecule has 4 N–H and O–H groups in total. The van der Waals surface area contributed by atoms with Crippen molar-refractivity contribution in [3.63, 3.8) is 0 Å². The van der Waals surface area contributed by atoms with Crippen molar-refractivity contribution in [2.75, 3.05) is 5.73 Å². The number of anilines is 1. The fraction of sp³-hybridized carbons (Fsp3) is 0.217. The van der Waals surface area contributed by atoms with Gasteiger partial charge in [-0.15, -0.1) is 0 Å². The summed E-state index contributed by atoms with van der Waals surface area (Å²) in [7, 11) is 0. The molecule has 0 spiro atoms. The molecule has 2 aromatic heterocycles. The van der Waals surface area contributed by atoms with Crippen molar-refractivity contribution in [3.05, 3.63) is 77.5 Å². The molecule has 0 fully saturated rings. The van der Waals surface area contributed by atoms with Crippen LogP contribution in [0.5, 0.6) is 0 Å². The highest BCUT2D eigenvalue weighted by molar-refractivity contribution is 6.08. The minimum Gasteiger partial charge on any atom is -0.382 e. The Morgan fingerprint density at radius 1 is 0.889 bits per heavy atom. The lowest BCUT2D eigenvalue weighted by Crippen LogP contribution is -2.28. The molecule has 136 valence electrons. The lowest BCUT2D eigenvalue weighted by atomic mass is 9.94. The molecule has 27 heavy (non-hydrogen) atoms. The van der Waals surface area contributed by atoms with Crippen LogP contribution in [0.3, 0.4) is 0 Å². The standard InChI is InChI=1S/C23H24N4/c1-23(2,25)17-11-9-15(10-12-17)7-8-16-13-19-18-5-3-4-6-20(18)27-22(24)21(19)26-14-16/h3-6,9-14H,7-8,25H2,1-2H3,(H2,24,27). The minimum absolute atomic E-state index is 0.310. The third-order valence-electron chi connectivity index (χ3n) is 5.02. The number of nitrogens with zero attached hydrogens (tertiary/aromatic N) is 2. The Morgan fingerprint density at radius 2 is 1.59 bits per heavy atom. The number of para-hydroxylation sites is 1. The van der Waals surface area contributed by atoms with Crippen molar-refractivity contribution >= 4 is 27.6 Å². The van der Waals surface area contributed by atoms with Gasteiger partial charge in [0.1, 0.15) is 5.52 Å². The van der Waals surface area contributed by atoms with Gasteiger partial charge in [-0.25, -0.2) is 4.98 Å². The summed E-state index contributed by atoms with van der Waals surface area (Å²) < 4.78 is 0. The van der Waals surface area contributed by atoms with Crippen LogP contribution in [0.2, 0.25) is 0 Å². The smallest absolute Gasteiger partial charge is 0.150 e. The molecule has 0 aliphatic carbocycles. The molecule has 0 aliphatic heterocycles. The molecule has 0 unspecified atom stereocenters. The number of hydrogen-bond donors (Lipinski definition) is 2. The van der Waals surface area contributed by atoms with Crippen molar-refractivity contribution in [1.82, 2.24) is 9.97 Å². The normalized spacial score (nSPS) is 12.0. The van der Waals surface area contributed by atoms with Gasteiger partial charge < -0.3 is 11.5 Å². The van der Waals surface area contributed by atoms with E-state index < -0.39 is 0 Å². The summed E-state index contributed by atoms with van der Waals surface area (Å²) in [5.74, 6) is 0.482. The summed E-state index contributed by atoms with van der Waals surface area (Å²) in [6.45, 7) is 4.04. The van der Waals surface area contributed by atoms with Crippen LogP contribution >= 0.6 is 0 Å². The molecule has 0 bridgehead atoms. The largest absolute Gasteiger partial charge is 0.382 e. The molecule has 2 heterocycles. The van der Waals surface area contributed by atoms with Crippen molar-refractivity contribution in [2.45, 2.75) is 32.2 Å². The molecular weight excluding hydrogens is 332 g/mol. The second-order valence-electron chi connectivity index (χ2n) is 7.67. The number of benzene rings is 2. The van der Waals surface area contributed by atoms with E-state index in [2.05, 4.69) is 46.4 Å². The summed E-state index contributed by atoms with van der Waals surface area (Å²) in [5, 5.41) is 2.15. The van der Waals surface area contributed by atoms with Crippen molar-refractivity contribution in [1.29, 1.82) is 0 Å². The first-order valence-corrected chi connectivity index (χ1v) is 9.23. The number of aromatic nitrogens is 2. The summed E-state index contributed by atoms with van der Waals surface area (Å²) >= 11 is 0. The van der Waals surface area contributed by atoms with Gasteiger partial charge >= 0.3 is 0 Å². The molecule has 0 atom stereocenters. The van der Waals surface area contributed by atoms with E-state index >= 15 is 0 Å². The fourth-order valence-corrected chi connectivity index (χ4v) is 3.43. The first-order chi connectivity index (χ1) is 12.9. The molecule has 4 heteroatoms. The van der Waals surface area contributed by atoms with E-state index in [0.29, 0.717) is 5.82 Å². The number of nitrogen functional groups attached to an aromatic ring is 1. The molecule has 2 aromatic carbocycles. The zero-order valence-corrected chi connectivity index (χ0v) is 15.7. The second-order valence-corrected chi connectivity index (χ2v) is 7.67. The zero-order chi connectivity index (χ0) is 19.0. The summed E-state index contributed by atoms with van der Waals surface area (Å²) in [6, 6.07) is 18.8. The maximum Gasteiger partial charge on any atom is 0.150 e. The van der Waals surface area contributed by atoms with E-state index in [1.807, 2.05) is 38.2 Å². The predicted molar refractivity (Wildman–Crippen MR) is 113 cm³/mol. The number of pyridine rings is 2. The molecule has 4 rings (SSSR count). The van der Waals surface area contributed by atoms with Gasteiger partial charge in [0.05, 0.1) is 5.52 Å². The van der Waals surface area contributed by atoms with Gasteiger partial charge in [-0.3, -0.25) is 4.98 Å². The Morgan fingerprint density at radius 3 is 2.33 bits per heavy atom. The predicted octanol–water partition coefficient (Wildman–Crippen LogP) is 4.34. The van der Waals surface area contributed by atoms with Gasteiger partial charge in [-0.05, 0) is 55.5 Å². The van der Waals surface area contributed by atoms with E-state index in [9.17, 15) is 0 Å². The van der Waals surface area contributed by atoms with E-state index in [1.165, 1.54) is 11.1 Å². The van der Waals surface area contributed by atoms with Gasteiger partial charge in [-0.2, -0.15) is 0 Å². The van der Waals surface area contributed by atoms with Crippen LogP contribution in [-0.2, 0) is 18.4 Å². The monoisotopic (exact) mass is 356 g/mol. The first kappa shape index (κ1) is 17.4. The number of aryl methyl sites for hydroxylation is 2. The Labute approximate surface area is 159 Å². The average molecular weight is 356 g/mol. The van der Waals surface area contributed by atoms with E-state index in [4.69, 9.17) is 11.5 Å². The highest BCUT2D eigenvalue weighted by Gasteiger charge is 2.13. The van der Waals surface area contributed by atoms with Gasteiger partial charge in [-0.1, -0.05) is 42.5 Å². The highest BCUT2D eigenvalue weighted by Crippen LogP contribution is 2.27. The molecule has 4 nitrogen and oxygen atoms in total. The number of nitrogens with two attached hydrogens (primary N) is 2. The number of rotatable bonds is 4. The fourth-order valence-electron chi connectivity index (χ4n) is 3.43. The summed E-state index contributed by atoms with van der Waals surface area (Å²) in [5.41, 5.74) is 17.3. The lowest BCUT2D eigenvalue weighted by molar-refractivity contribution is 0.554.